The number of benzene rings is 2. The first-order chi connectivity index (χ1) is 12.1. The first kappa shape index (κ1) is 18.3. The number of carbonyl (C=O) groups is 2. The van der Waals surface area contributed by atoms with E-state index in [4.69, 9.17) is 4.74 Å². The molecule has 0 spiro atoms. The van der Waals surface area contributed by atoms with Crippen LogP contribution in [-0.2, 0) is 4.79 Å². The van der Waals surface area contributed by atoms with Crippen molar-refractivity contribution in [2.45, 2.75) is 13.8 Å². The molecule has 0 bridgehead atoms. The van der Waals surface area contributed by atoms with Crippen molar-refractivity contribution in [3.63, 3.8) is 0 Å². The molecule has 3 N–H and O–H groups in total. The standard InChI is InChI=1S/C19H23N3O3/c1-3-20-19(24)14-8-10-15(11-9-14)21-13-18(23)22-16-6-5-7-17(12-16)25-4-2/h5-12,21H,3-4,13H2,1-2H3,(H,20,24)(H,22,23). The lowest BCUT2D eigenvalue weighted by Crippen LogP contribution is -2.23. The van der Waals surface area contributed by atoms with Crippen LogP contribution in [0.5, 0.6) is 5.75 Å². The van der Waals surface area contributed by atoms with Gasteiger partial charge in [-0.3, -0.25) is 9.59 Å². The van der Waals surface area contributed by atoms with E-state index < -0.39 is 0 Å². The van der Waals surface area contributed by atoms with E-state index in [1.54, 1.807) is 30.3 Å². The highest BCUT2D eigenvalue weighted by molar-refractivity contribution is 5.95. The minimum Gasteiger partial charge on any atom is -0.494 e. The van der Waals surface area contributed by atoms with E-state index in [1.165, 1.54) is 0 Å². The van der Waals surface area contributed by atoms with Gasteiger partial charge in [-0.25, -0.2) is 0 Å². The topological polar surface area (TPSA) is 79.5 Å². The molecule has 0 fully saturated rings. The van der Waals surface area contributed by atoms with Gasteiger partial charge in [-0.15, -0.1) is 0 Å². The molecule has 0 atom stereocenters. The van der Waals surface area contributed by atoms with Crippen LogP contribution in [0.2, 0.25) is 0 Å². The van der Waals surface area contributed by atoms with Crippen molar-refractivity contribution in [1.29, 1.82) is 0 Å². The van der Waals surface area contributed by atoms with Gasteiger partial charge in [-0.1, -0.05) is 6.07 Å². The zero-order valence-corrected chi connectivity index (χ0v) is 14.5. The maximum Gasteiger partial charge on any atom is 0.251 e. The summed E-state index contributed by atoms with van der Waals surface area (Å²) < 4.78 is 5.41. The molecule has 2 amide bonds. The summed E-state index contributed by atoms with van der Waals surface area (Å²) in [4.78, 5) is 23.7. The zero-order chi connectivity index (χ0) is 18.1. The molecule has 0 aliphatic rings. The molecule has 6 nitrogen and oxygen atoms in total. The summed E-state index contributed by atoms with van der Waals surface area (Å²) in [6, 6.07) is 14.2. The Morgan fingerprint density at radius 2 is 1.76 bits per heavy atom. The van der Waals surface area contributed by atoms with Gasteiger partial charge < -0.3 is 20.7 Å². The highest BCUT2D eigenvalue weighted by Crippen LogP contribution is 2.17. The van der Waals surface area contributed by atoms with Gasteiger partial charge in [0, 0.05) is 29.5 Å². The van der Waals surface area contributed by atoms with Crippen LogP contribution in [0.1, 0.15) is 24.2 Å². The molecular weight excluding hydrogens is 318 g/mol. The number of ether oxygens (including phenoxy) is 1. The van der Waals surface area contributed by atoms with E-state index >= 15 is 0 Å². The molecular formula is C19H23N3O3. The minimum absolute atomic E-state index is 0.110. The number of hydrogen-bond donors (Lipinski definition) is 3. The third kappa shape index (κ3) is 5.84. The molecule has 2 aromatic rings. The Hall–Kier alpha value is -3.02. The van der Waals surface area contributed by atoms with Crippen molar-refractivity contribution in [1.82, 2.24) is 5.32 Å². The van der Waals surface area contributed by atoms with Gasteiger partial charge in [-0.05, 0) is 50.2 Å². The van der Waals surface area contributed by atoms with Gasteiger partial charge in [-0.2, -0.15) is 0 Å². The second-order valence-corrected chi connectivity index (χ2v) is 5.30. The molecule has 2 rings (SSSR count). The molecule has 2 aromatic carbocycles. The highest BCUT2D eigenvalue weighted by Gasteiger charge is 2.06. The largest absolute Gasteiger partial charge is 0.494 e. The summed E-state index contributed by atoms with van der Waals surface area (Å²) in [5.74, 6) is 0.441. The first-order valence-electron chi connectivity index (χ1n) is 8.27. The third-order valence-corrected chi connectivity index (χ3v) is 3.37. The van der Waals surface area contributed by atoms with Crippen LogP contribution in [0.15, 0.2) is 48.5 Å². The monoisotopic (exact) mass is 341 g/mol. The van der Waals surface area contributed by atoms with Crippen molar-refractivity contribution in [2.75, 3.05) is 30.3 Å². The van der Waals surface area contributed by atoms with Crippen molar-refractivity contribution in [2.24, 2.45) is 0 Å². The minimum atomic E-state index is -0.165. The van der Waals surface area contributed by atoms with Gasteiger partial charge in [0.25, 0.3) is 5.91 Å². The van der Waals surface area contributed by atoms with Crippen molar-refractivity contribution < 1.29 is 14.3 Å². The Morgan fingerprint density at radius 3 is 2.44 bits per heavy atom. The normalized spacial score (nSPS) is 10.0. The fourth-order valence-electron chi connectivity index (χ4n) is 2.22. The van der Waals surface area contributed by atoms with E-state index in [1.807, 2.05) is 32.0 Å². The maximum absolute atomic E-state index is 12.0. The maximum atomic E-state index is 12.0. The molecule has 0 heterocycles. The van der Waals surface area contributed by atoms with Crippen LogP contribution in [0.25, 0.3) is 0 Å². The molecule has 0 saturated heterocycles. The predicted octanol–water partition coefficient (Wildman–Crippen LogP) is 2.89. The summed E-state index contributed by atoms with van der Waals surface area (Å²) in [6.45, 7) is 5.07. The lowest BCUT2D eigenvalue weighted by molar-refractivity contribution is -0.114. The Labute approximate surface area is 147 Å². The second kappa shape index (κ2) is 9.32. The average Bonchev–Trinajstić information content (AvgIpc) is 2.61. The van der Waals surface area contributed by atoms with E-state index in [0.717, 1.165) is 5.69 Å². The average molecular weight is 341 g/mol. The Kier molecular flexibility index (Phi) is 6.83. The van der Waals surface area contributed by atoms with Crippen molar-refractivity contribution in [3.05, 3.63) is 54.1 Å². The van der Waals surface area contributed by atoms with Crippen molar-refractivity contribution in [3.8, 4) is 5.75 Å². The summed E-state index contributed by atoms with van der Waals surface area (Å²) in [5.41, 5.74) is 2.04. The second-order valence-electron chi connectivity index (χ2n) is 5.30. The summed E-state index contributed by atoms with van der Waals surface area (Å²) in [5, 5.41) is 8.58. The predicted molar refractivity (Wildman–Crippen MR) is 99.2 cm³/mol. The van der Waals surface area contributed by atoms with Crippen LogP contribution in [0, 0.1) is 0 Å². The zero-order valence-electron chi connectivity index (χ0n) is 14.5. The first-order valence-corrected chi connectivity index (χ1v) is 8.27. The molecule has 0 saturated carbocycles. The molecule has 0 radical (unpaired) electrons. The van der Waals surface area contributed by atoms with Crippen LogP contribution >= 0.6 is 0 Å². The molecule has 0 aromatic heterocycles. The van der Waals surface area contributed by atoms with Crippen LogP contribution in [-0.4, -0.2) is 31.5 Å². The van der Waals surface area contributed by atoms with E-state index in [0.29, 0.717) is 30.2 Å². The molecule has 6 heteroatoms. The van der Waals surface area contributed by atoms with E-state index in [2.05, 4.69) is 16.0 Å². The quantitative estimate of drug-likeness (QED) is 0.690. The van der Waals surface area contributed by atoms with Gasteiger partial charge >= 0.3 is 0 Å². The SMILES string of the molecule is CCNC(=O)c1ccc(NCC(=O)Nc2cccc(OCC)c2)cc1. The molecule has 0 aliphatic heterocycles. The van der Waals surface area contributed by atoms with E-state index in [9.17, 15) is 9.59 Å². The van der Waals surface area contributed by atoms with Crippen LogP contribution < -0.4 is 20.7 Å². The molecule has 25 heavy (non-hydrogen) atoms. The lowest BCUT2D eigenvalue weighted by Gasteiger charge is -2.10. The fourth-order valence-corrected chi connectivity index (χ4v) is 2.22. The van der Waals surface area contributed by atoms with Gasteiger partial charge in [0.2, 0.25) is 5.91 Å². The van der Waals surface area contributed by atoms with Gasteiger partial charge in [0.15, 0.2) is 0 Å². The van der Waals surface area contributed by atoms with Crippen LogP contribution in [0.4, 0.5) is 11.4 Å². The fraction of sp³-hybridized carbons (Fsp3) is 0.263. The number of amides is 2. The summed E-state index contributed by atoms with van der Waals surface area (Å²) in [6.07, 6.45) is 0. The van der Waals surface area contributed by atoms with E-state index in [-0.39, 0.29) is 18.4 Å². The highest BCUT2D eigenvalue weighted by atomic mass is 16.5. The number of rotatable bonds is 8. The molecule has 132 valence electrons. The van der Waals surface area contributed by atoms with Crippen LogP contribution in [0.3, 0.4) is 0 Å². The Morgan fingerprint density at radius 1 is 1.00 bits per heavy atom. The number of anilines is 2. The summed E-state index contributed by atoms with van der Waals surface area (Å²) >= 11 is 0. The third-order valence-electron chi connectivity index (χ3n) is 3.37. The number of nitrogens with one attached hydrogen (secondary N) is 3. The van der Waals surface area contributed by atoms with Crippen molar-refractivity contribution >= 4 is 23.2 Å². The smallest absolute Gasteiger partial charge is 0.251 e. The number of hydrogen-bond acceptors (Lipinski definition) is 4. The Bertz CT molecular complexity index is 714. The molecule has 0 aliphatic carbocycles. The number of carbonyl (C=O) groups excluding carboxylic acids is 2. The van der Waals surface area contributed by atoms with Gasteiger partial charge in [0.05, 0.1) is 13.2 Å². The molecule has 0 unspecified atom stereocenters. The Balaban J connectivity index is 1.85. The lowest BCUT2D eigenvalue weighted by atomic mass is 10.2. The van der Waals surface area contributed by atoms with Gasteiger partial charge in [0.1, 0.15) is 5.75 Å². The summed E-state index contributed by atoms with van der Waals surface area (Å²) in [7, 11) is 0.